The molecule has 1 rings (SSSR count). The molecule has 1 fully saturated rings. The lowest BCUT2D eigenvalue weighted by Crippen LogP contribution is -2.37. The molecular weight excluding hydrogens is 230 g/mol. The monoisotopic (exact) mass is 255 g/mol. The van der Waals surface area contributed by atoms with E-state index in [9.17, 15) is 9.59 Å². The zero-order chi connectivity index (χ0) is 13.4. The van der Waals surface area contributed by atoms with Gasteiger partial charge in [0.25, 0.3) is 0 Å². The summed E-state index contributed by atoms with van der Waals surface area (Å²) in [6, 6.07) is 0. The fraction of sp³-hybridized carbons (Fsp3) is 0.857. The summed E-state index contributed by atoms with van der Waals surface area (Å²) in [5.41, 5.74) is 0. The molecule has 1 amide bonds. The molecule has 4 heteroatoms. The quantitative estimate of drug-likeness (QED) is 0.742. The van der Waals surface area contributed by atoms with Gasteiger partial charge in [0.15, 0.2) is 0 Å². The molecule has 1 N–H and O–H groups in total. The molecule has 1 saturated carbocycles. The average molecular weight is 255 g/mol. The van der Waals surface area contributed by atoms with E-state index in [0.29, 0.717) is 18.9 Å². The number of hydrogen-bond donors (Lipinski definition) is 1. The molecule has 104 valence electrons. The topological polar surface area (TPSA) is 57.6 Å². The highest BCUT2D eigenvalue weighted by Gasteiger charge is 2.21. The summed E-state index contributed by atoms with van der Waals surface area (Å²) in [6.45, 7) is 2.37. The van der Waals surface area contributed by atoms with Gasteiger partial charge in [0.05, 0.1) is 0 Å². The maximum absolute atomic E-state index is 12.1. The molecule has 0 aromatic carbocycles. The lowest BCUT2D eigenvalue weighted by Gasteiger charge is -2.22. The van der Waals surface area contributed by atoms with Crippen LogP contribution in [0, 0.1) is 5.92 Å². The number of nitrogens with zero attached hydrogens (tertiary/aromatic N) is 1. The van der Waals surface area contributed by atoms with E-state index in [0.717, 1.165) is 19.3 Å². The van der Waals surface area contributed by atoms with E-state index >= 15 is 0 Å². The van der Waals surface area contributed by atoms with E-state index in [-0.39, 0.29) is 12.5 Å². The summed E-state index contributed by atoms with van der Waals surface area (Å²) in [4.78, 5) is 24.3. The highest BCUT2D eigenvalue weighted by atomic mass is 16.4. The van der Waals surface area contributed by atoms with Crippen LogP contribution in [0.25, 0.3) is 0 Å². The number of carbonyl (C=O) groups excluding carboxylic acids is 1. The van der Waals surface area contributed by atoms with Crippen molar-refractivity contribution in [2.24, 2.45) is 5.92 Å². The third-order valence-corrected chi connectivity index (χ3v) is 3.61. The normalized spacial score (nSPS) is 17.2. The van der Waals surface area contributed by atoms with Crippen LogP contribution in [0.4, 0.5) is 0 Å². The van der Waals surface area contributed by atoms with Crippen molar-refractivity contribution in [3.05, 3.63) is 0 Å². The second-order valence-corrected chi connectivity index (χ2v) is 5.27. The molecule has 0 aromatic heterocycles. The van der Waals surface area contributed by atoms with Gasteiger partial charge in [-0.05, 0) is 25.2 Å². The Kier molecular flexibility index (Phi) is 6.76. The number of carboxylic acids is 1. The predicted molar refractivity (Wildman–Crippen MR) is 70.3 cm³/mol. The van der Waals surface area contributed by atoms with Gasteiger partial charge < -0.3 is 10.0 Å². The Labute approximate surface area is 109 Å². The molecule has 0 atom stereocenters. The van der Waals surface area contributed by atoms with E-state index in [1.54, 1.807) is 0 Å². The number of rotatable bonds is 6. The van der Waals surface area contributed by atoms with Crippen molar-refractivity contribution in [2.75, 3.05) is 13.1 Å². The Morgan fingerprint density at radius 1 is 1.17 bits per heavy atom. The molecule has 0 spiro atoms. The van der Waals surface area contributed by atoms with Crippen LogP contribution >= 0.6 is 0 Å². The standard InChI is InChI=1S/C14H25NO3/c1-2-9-15(11-14(17)18)13(16)10-12-7-5-3-4-6-8-12/h12H,2-11H2,1H3,(H,17,18). The third-order valence-electron chi connectivity index (χ3n) is 3.61. The van der Waals surface area contributed by atoms with Crippen LogP contribution in [0.1, 0.15) is 58.3 Å². The van der Waals surface area contributed by atoms with Gasteiger partial charge >= 0.3 is 5.97 Å². The average Bonchev–Trinajstić information content (AvgIpc) is 2.56. The summed E-state index contributed by atoms with van der Waals surface area (Å²) < 4.78 is 0. The first-order chi connectivity index (χ1) is 8.63. The molecule has 18 heavy (non-hydrogen) atoms. The fourth-order valence-electron chi connectivity index (χ4n) is 2.67. The first-order valence-corrected chi connectivity index (χ1v) is 7.13. The van der Waals surface area contributed by atoms with Crippen molar-refractivity contribution >= 4 is 11.9 Å². The molecule has 0 saturated heterocycles. The molecule has 1 aliphatic carbocycles. The highest BCUT2D eigenvalue weighted by Crippen LogP contribution is 2.25. The van der Waals surface area contributed by atoms with Crippen molar-refractivity contribution in [3.63, 3.8) is 0 Å². The lowest BCUT2D eigenvalue weighted by molar-refractivity contribution is -0.144. The predicted octanol–water partition coefficient (Wildman–Crippen LogP) is 2.67. The molecule has 0 heterocycles. The lowest BCUT2D eigenvalue weighted by atomic mass is 9.96. The minimum Gasteiger partial charge on any atom is -0.480 e. The van der Waals surface area contributed by atoms with E-state index < -0.39 is 5.97 Å². The van der Waals surface area contributed by atoms with Gasteiger partial charge in [0.2, 0.25) is 5.91 Å². The Morgan fingerprint density at radius 2 is 1.78 bits per heavy atom. The van der Waals surface area contributed by atoms with Crippen molar-refractivity contribution in [1.82, 2.24) is 4.90 Å². The zero-order valence-electron chi connectivity index (χ0n) is 11.4. The maximum Gasteiger partial charge on any atom is 0.323 e. The Balaban J connectivity index is 2.45. The van der Waals surface area contributed by atoms with Crippen LogP contribution in [-0.2, 0) is 9.59 Å². The maximum atomic E-state index is 12.1. The summed E-state index contributed by atoms with van der Waals surface area (Å²) in [7, 11) is 0. The summed E-state index contributed by atoms with van der Waals surface area (Å²) >= 11 is 0. The molecular formula is C14H25NO3. The van der Waals surface area contributed by atoms with E-state index in [1.807, 2.05) is 6.92 Å². The molecule has 1 aliphatic rings. The summed E-state index contributed by atoms with van der Waals surface area (Å²) in [5.74, 6) is -0.433. The van der Waals surface area contributed by atoms with Crippen molar-refractivity contribution in [2.45, 2.75) is 58.3 Å². The second kappa shape index (κ2) is 8.11. The Morgan fingerprint density at radius 3 is 2.28 bits per heavy atom. The van der Waals surface area contributed by atoms with Gasteiger partial charge in [-0.25, -0.2) is 0 Å². The van der Waals surface area contributed by atoms with E-state index in [1.165, 1.54) is 30.6 Å². The van der Waals surface area contributed by atoms with Crippen LogP contribution in [0.15, 0.2) is 0 Å². The minimum absolute atomic E-state index is 0.0196. The third kappa shape index (κ3) is 5.52. The Hall–Kier alpha value is -1.06. The Bertz CT molecular complexity index is 270. The summed E-state index contributed by atoms with van der Waals surface area (Å²) in [6.07, 6.45) is 8.57. The van der Waals surface area contributed by atoms with Gasteiger partial charge in [0.1, 0.15) is 6.54 Å². The molecule has 0 bridgehead atoms. The number of amides is 1. The van der Waals surface area contributed by atoms with Gasteiger partial charge in [-0.1, -0.05) is 32.6 Å². The highest BCUT2D eigenvalue weighted by molar-refractivity contribution is 5.81. The van der Waals surface area contributed by atoms with Crippen molar-refractivity contribution < 1.29 is 14.7 Å². The fourth-order valence-corrected chi connectivity index (χ4v) is 2.67. The van der Waals surface area contributed by atoms with Crippen LogP contribution in [0.2, 0.25) is 0 Å². The van der Waals surface area contributed by atoms with Crippen molar-refractivity contribution in [3.8, 4) is 0 Å². The molecule has 0 unspecified atom stereocenters. The molecule has 0 radical (unpaired) electrons. The minimum atomic E-state index is -0.919. The smallest absolute Gasteiger partial charge is 0.323 e. The largest absolute Gasteiger partial charge is 0.480 e. The SMILES string of the molecule is CCCN(CC(=O)O)C(=O)CC1CCCCCC1. The van der Waals surface area contributed by atoms with Crippen LogP contribution in [0.5, 0.6) is 0 Å². The van der Waals surface area contributed by atoms with Crippen LogP contribution < -0.4 is 0 Å². The molecule has 0 aliphatic heterocycles. The van der Waals surface area contributed by atoms with Gasteiger partial charge in [-0.3, -0.25) is 9.59 Å². The number of aliphatic carboxylic acids is 1. The first-order valence-electron chi connectivity index (χ1n) is 7.13. The van der Waals surface area contributed by atoms with E-state index in [4.69, 9.17) is 5.11 Å². The van der Waals surface area contributed by atoms with Gasteiger partial charge in [-0.2, -0.15) is 0 Å². The molecule has 0 aromatic rings. The van der Waals surface area contributed by atoms with E-state index in [2.05, 4.69) is 0 Å². The number of carboxylic acid groups (broad SMARTS) is 1. The number of carbonyl (C=O) groups is 2. The van der Waals surface area contributed by atoms with Crippen LogP contribution in [-0.4, -0.2) is 35.0 Å². The number of hydrogen-bond acceptors (Lipinski definition) is 2. The first kappa shape index (κ1) is 15.0. The van der Waals surface area contributed by atoms with Crippen molar-refractivity contribution in [1.29, 1.82) is 0 Å². The molecule has 4 nitrogen and oxygen atoms in total. The van der Waals surface area contributed by atoms with Gasteiger partial charge in [0, 0.05) is 13.0 Å². The zero-order valence-corrected chi connectivity index (χ0v) is 11.4. The summed E-state index contributed by atoms with van der Waals surface area (Å²) in [5, 5.41) is 8.82. The van der Waals surface area contributed by atoms with Gasteiger partial charge in [-0.15, -0.1) is 0 Å². The second-order valence-electron chi connectivity index (χ2n) is 5.27. The van der Waals surface area contributed by atoms with Crippen LogP contribution in [0.3, 0.4) is 0 Å².